The minimum Gasteiger partial charge on any atom is -0.425 e. The minimum absolute atomic E-state index is 0.0884. The van der Waals surface area contributed by atoms with Crippen molar-refractivity contribution in [2.45, 2.75) is 6.42 Å². The molecule has 1 aromatic heterocycles. The quantitative estimate of drug-likeness (QED) is 0.347. The molecule has 7 heteroatoms. The molecular weight excluding hydrogens is 252 g/mol. The fourth-order valence-corrected chi connectivity index (χ4v) is 2.18. The highest BCUT2D eigenvalue weighted by Gasteiger charge is 2.31. The van der Waals surface area contributed by atoms with Gasteiger partial charge in [0.25, 0.3) is 0 Å². The number of hydrogen-bond donors (Lipinski definition) is 2. The molecule has 0 radical (unpaired) electrons. The predicted molar refractivity (Wildman–Crippen MR) is 63.2 cm³/mol. The van der Waals surface area contributed by atoms with E-state index in [9.17, 15) is 14.8 Å². The van der Waals surface area contributed by atoms with Gasteiger partial charge in [-0.05, 0) is 25.1 Å². The topological polar surface area (TPSA) is 104 Å². The highest BCUT2D eigenvalue weighted by molar-refractivity contribution is 6.31. The lowest BCUT2D eigenvalue weighted by Gasteiger charge is -2.10. The van der Waals surface area contributed by atoms with Gasteiger partial charge in [-0.25, -0.2) is 9.59 Å². The third-order valence-electron chi connectivity index (χ3n) is 2.94. The summed E-state index contributed by atoms with van der Waals surface area (Å²) < 4.78 is 10.5. The first-order valence-corrected chi connectivity index (χ1v) is 5.63. The molecule has 1 aromatic carbocycles. The largest absolute Gasteiger partial charge is 0.425 e. The van der Waals surface area contributed by atoms with Crippen molar-refractivity contribution in [3.8, 4) is 11.6 Å². The van der Waals surface area contributed by atoms with Crippen molar-refractivity contribution in [1.29, 1.82) is 0 Å². The van der Waals surface area contributed by atoms with E-state index in [2.05, 4.69) is 0 Å². The zero-order valence-corrected chi connectivity index (χ0v) is 9.75. The first kappa shape index (κ1) is 11.5. The molecule has 0 fully saturated rings. The van der Waals surface area contributed by atoms with Crippen LogP contribution >= 0.6 is 0 Å². The molecule has 2 heterocycles. The number of nitrogens with zero attached hydrogens (tertiary/aromatic N) is 1. The van der Waals surface area contributed by atoms with E-state index in [0.29, 0.717) is 29.4 Å². The highest BCUT2D eigenvalue weighted by Crippen LogP contribution is 2.38. The van der Waals surface area contributed by atoms with E-state index in [4.69, 9.17) is 15.2 Å². The van der Waals surface area contributed by atoms with Gasteiger partial charge < -0.3 is 20.4 Å². The fourth-order valence-electron chi connectivity index (χ4n) is 2.18. The zero-order chi connectivity index (χ0) is 13.6. The summed E-state index contributed by atoms with van der Waals surface area (Å²) in [4.78, 5) is 22.9. The molecule has 1 aliphatic heterocycles. The van der Waals surface area contributed by atoms with Crippen LogP contribution in [0.5, 0.6) is 11.6 Å². The summed E-state index contributed by atoms with van der Waals surface area (Å²) in [5.74, 6) is -2.19. The van der Waals surface area contributed by atoms with E-state index < -0.39 is 11.9 Å². The van der Waals surface area contributed by atoms with Crippen LogP contribution in [0.25, 0.3) is 10.9 Å². The summed E-state index contributed by atoms with van der Waals surface area (Å²) in [5.41, 5.74) is 6.44. The summed E-state index contributed by atoms with van der Waals surface area (Å²) in [6.45, 7) is 0.298. The van der Waals surface area contributed by atoms with Crippen molar-refractivity contribution in [3.63, 3.8) is 0 Å². The molecule has 2 aromatic rings. The number of carbonyl (C=O) groups is 2. The van der Waals surface area contributed by atoms with Crippen molar-refractivity contribution in [3.05, 3.63) is 23.8 Å². The van der Waals surface area contributed by atoms with E-state index >= 15 is 0 Å². The Hall–Kier alpha value is -2.54. The Balaban J connectivity index is 2.39. The van der Waals surface area contributed by atoms with Gasteiger partial charge in [0.15, 0.2) is 0 Å². The van der Waals surface area contributed by atoms with Gasteiger partial charge in [-0.15, -0.1) is 0 Å². The van der Waals surface area contributed by atoms with Crippen molar-refractivity contribution in [2.75, 3.05) is 6.54 Å². The van der Waals surface area contributed by atoms with Gasteiger partial charge in [0, 0.05) is 5.56 Å². The van der Waals surface area contributed by atoms with Crippen molar-refractivity contribution in [1.82, 2.24) is 4.73 Å². The van der Waals surface area contributed by atoms with Crippen molar-refractivity contribution < 1.29 is 24.3 Å². The Labute approximate surface area is 107 Å². The lowest BCUT2D eigenvalue weighted by Crippen LogP contribution is -2.27. The second kappa shape index (κ2) is 3.99. The second-order valence-corrected chi connectivity index (χ2v) is 4.06. The van der Waals surface area contributed by atoms with E-state index in [1.165, 1.54) is 0 Å². The number of hydrogen-bond acceptors (Lipinski definition) is 6. The molecule has 3 rings (SSSR count). The Morgan fingerprint density at radius 2 is 1.95 bits per heavy atom. The van der Waals surface area contributed by atoms with Crippen molar-refractivity contribution >= 4 is 22.8 Å². The molecule has 19 heavy (non-hydrogen) atoms. The molecule has 2 bridgehead atoms. The number of esters is 2. The average molecular weight is 262 g/mol. The summed E-state index contributed by atoms with van der Waals surface area (Å²) >= 11 is 0. The van der Waals surface area contributed by atoms with Crippen LogP contribution < -0.4 is 15.2 Å². The van der Waals surface area contributed by atoms with Gasteiger partial charge >= 0.3 is 11.9 Å². The van der Waals surface area contributed by atoms with Crippen LogP contribution in [0.3, 0.4) is 0 Å². The smallest absolute Gasteiger partial charge is 0.424 e. The Kier molecular flexibility index (Phi) is 2.42. The van der Waals surface area contributed by atoms with Crippen LogP contribution in [0.2, 0.25) is 0 Å². The molecule has 98 valence electrons. The summed E-state index contributed by atoms with van der Waals surface area (Å²) in [5, 5.41) is 10.5. The van der Waals surface area contributed by atoms with Crippen LogP contribution in [-0.4, -0.2) is 28.4 Å². The molecule has 0 saturated heterocycles. The Bertz CT molecular complexity index is 704. The average Bonchev–Trinajstić information content (AvgIpc) is 2.65. The van der Waals surface area contributed by atoms with Gasteiger partial charge in [-0.2, -0.15) is 4.73 Å². The number of rotatable bonds is 2. The standard InChI is InChI=1S/C12H10N2O5/c13-5-4-6-9-7-2-1-3-8(9)18-11(15)12(16)19-10(6)14(7)17/h1-3,17H,4-5,13H2. The third kappa shape index (κ3) is 1.55. The first-order valence-electron chi connectivity index (χ1n) is 5.63. The molecular formula is C12H10N2O5. The van der Waals surface area contributed by atoms with Gasteiger partial charge in [0.1, 0.15) is 5.75 Å². The molecule has 7 nitrogen and oxygen atoms in total. The Morgan fingerprint density at radius 1 is 1.21 bits per heavy atom. The minimum atomic E-state index is -1.18. The van der Waals surface area contributed by atoms with E-state index in [1.54, 1.807) is 18.2 Å². The SMILES string of the molecule is NCCc1c2n(O)c3cccc(c13)OC(=O)C(=O)O2. The van der Waals surface area contributed by atoms with Crippen LogP contribution in [-0.2, 0) is 16.0 Å². The Morgan fingerprint density at radius 3 is 2.68 bits per heavy atom. The fraction of sp³-hybridized carbons (Fsp3) is 0.167. The van der Waals surface area contributed by atoms with Gasteiger partial charge in [-0.1, -0.05) is 6.07 Å². The van der Waals surface area contributed by atoms with Gasteiger partial charge in [0.05, 0.1) is 10.9 Å². The zero-order valence-electron chi connectivity index (χ0n) is 9.75. The van der Waals surface area contributed by atoms with Crippen LogP contribution in [0.1, 0.15) is 5.56 Å². The lowest BCUT2D eigenvalue weighted by atomic mass is 10.1. The van der Waals surface area contributed by atoms with Gasteiger partial charge in [0.2, 0.25) is 5.88 Å². The number of carbonyl (C=O) groups excluding carboxylic acids is 2. The van der Waals surface area contributed by atoms with E-state index in [0.717, 1.165) is 4.73 Å². The van der Waals surface area contributed by atoms with Gasteiger partial charge in [-0.3, -0.25) is 0 Å². The first-order chi connectivity index (χ1) is 9.13. The molecule has 0 aliphatic carbocycles. The summed E-state index contributed by atoms with van der Waals surface area (Å²) in [6, 6.07) is 4.77. The summed E-state index contributed by atoms with van der Waals surface area (Å²) in [7, 11) is 0. The van der Waals surface area contributed by atoms with Crippen LogP contribution in [0, 0.1) is 0 Å². The maximum atomic E-state index is 11.5. The lowest BCUT2D eigenvalue weighted by molar-refractivity contribution is -0.156. The monoisotopic (exact) mass is 262 g/mol. The second-order valence-electron chi connectivity index (χ2n) is 4.06. The number of nitrogens with two attached hydrogens (primary N) is 1. The highest BCUT2D eigenvalue weighted by atomic mass is 16.6. The van der Waals surface area contributed by atoms with Crippen LogP contribution in [0.4, 0.5) is 0 Å². The molecule has 0 atom stereocenters. The van der Waals surface area contributed by atoms with E-state index in [1.807, 2.05) is 0 Å². The van der Waals surface area contributed by atoms with E-state index in [-0.39, 0.29) is 11.6 Å². The molecule has 0 spiro atoms. The number of aromatic nitrogens is 1. The number of fused-ring (bicyclic) bond motifs is 1. The number of ether oxygens (including phenoxy) is 2. The maximum Gasteiger partial charge on any atom is 0.424 e. The van der Waals surface area contributed by atoms with Crippen LogP contribution in [0.15, 0.2) is 18.2 Å². The normalized spacial score (nSPS) is 14.2. The third-order valence-corrected chi connectivity index (χ3v) is 2.94. The summed E-state index contributed by atoms with van der Waals surface area (Å²) in [6.07, 6.45) is 0.376. The molecule has 0 saturated carbocycles. The molecule has 0 amide bonds. The number of benzene rings is 1. The molecule has 3 N–H and O–H groups in total. The maximum absolute atomic E-state index is 11.5. The predicted octanol–water partition coefficient (Wildman–Crippen LogP) is 0.204. The molecule has 1 aliphatic rings. The molecule has 0 unspecified atom stereocenters. The van der Waals surface area contributed by atoms with Crippen molar-refractivity contribution in [2.24, 2.45) is 5.73 Å².